The van der Waals surface area contributed by atoms with Crippen molar-refractivity contribution in [3.63, 3.8) is 0 Å². The number of nitrogens with zero attached hydrogens (tertiary/aromatic N) is 1. The molecule has 2 saturated carbocycles. The number of benzene rings is 2. The number of rotatable bonds is 10. The molecule has 2 aromatic rings. The van der Waals surface area contributed by atoms with Crippen LogP contribution in [-0.4, -0.2) is 59.1 Å². The van der Waals surface area contributed by atoms with Gasteiger partial charge < -0.3 is 19.8 Å². The van der Waals surface area contributed by atoms with Gasteiger partial charge in [-0.25, -0.2) is 14.0 Å². The molecule has 2 fully saturated rings. The Morgan fingerprint density at radius 3 is 2.23 bits per heavy atom. The normalized spacial score (nSPS) is 18.6. The Labute approximate surface area is 211 Å². The monoisotopic (exact) mass is 547 g/mol. The zero-order valence-electron chi connectivity index (χ0n) is 19.2. The summed E-state index contributed by atoms with van der Waals surface area (Å²) in [5.41, 5.74) is 0.534. The summed E-state index contributed by atoms with van der Waals surface area (Å²) in [6.07, 6.45) is 4.95. The molecular weight excluding hydrogens is 521 g/mol. The predicted molar refractivity (Wildman–Crippen MR) is 131 cm³/mol. The third-order valence-electron chi connectivity index (χ3n) is 5.89. The Hall–Kier alpha value is -3.04. The second kappa shape index (κ2) is 12.1. The fourth-order valence-corrected chi connectivity index (χ4v) is 3.91. The van der Waals surface area contributed by atoms with Crippen LogP contribution < -0.4 is 4.74 Å². The summed E-state index contributed by atoms with van der Waals surface area (Å²) in [6, 6.07) is 12.2. The Bertz CT molecular complexity index is 1080. The first-order valence-electron chi connectivity index (χ1n) is 11.2. The van der Waals surface area contributed by atoms with Crippen LogP contribution in [0.1, 0.15) is 35.2 Å². The molecule has 0 saturated heterocycles. The van der Waals surface area contributed by atoms with Crippen LogP contribution in [-0.2, 0) is 9.59 Å². The van der Waals surface area contributed by atoms with Crippen molar-refractivity contribution in [2.24, 2.45) is 11.8 Å². The highest BCUT2D eigenvalue weighted by atomic mass is 79.9. The molecule has 2 aliphatic rings. The van der Waals surface area contributed by atoms with E-state index >= 15 is 0 Å². The molecule has 0 radical (unpaired) electrons. The van der Waals surface area contributed by atoms with E-state index in [1.165, 1.54) is 31.4 Å². The number of carbonyl (C=O) groups is 3. The highest BCUT2D eigenvalue weighted by molar-refractivity contribution is 9.10. The molecule has 2 atom stereocenters. The van der Waals surface area contributed by atoms with Crippen molar-refractivity contribution < 1.29 is 33.7 Å². The van der Waals surface area contributed by atoms with E-state index in [1.54, 1.807) is 30.3 Å². The first-order valence-corrected chi connectivity index (χ1v) is 12.0. The van der Waals surface area contributed by atoms with E-state index in [2.05, 4.69) is 27.9 Å². The molecule has 35 heavy (non-hydrogen) atoms. The zero-order chi connectivity index (χ0) is 25.5. The van der Waals surface area contributed by atoms with E-state index in [-0.39, 0.29) is 11.3 Å². The second-order valence-electron chi connectivity index (χ2n) is 8.73. The first kappa shape index (κ1) is 26.6. The molecule has 0 amide bonds. The number of hydrogen-bond donors (Lipinski definition) is 2. The lowest BCUT2D eigenvalue weighted by Crippen LogP contribution is -2.24. The highest BCUT2D eigenvalue weighted by Gasteiger charge is 2.40. The van der Waals surface area contributed by atoms with Gasteiger partial charge >= 0.3 is 11.9 Å². The van der Waals surface area contributed by atoms with Crippen LogP contribution in [0.3, 0.4) is 0 Å². The standard InChI is InChI=1S/C22H23BrFNO2.C4H4O4/c1-25(18-6-7-18)12-15-10-16(15)13-27-19-8-9-20(21(24)11-19)22(26)14-2-4-17(23)5-3-14;5-3(6)1-2-4(7)8/h2-5,8-9,11,15-16,18H,6-7,10,12-13H2,1H3;1-2H,(H,5,6)(H,7,8). The number of ketones is 1. The van der Waals surface area contributed by atoms with Gasteiger partial charge in [-0.15, -0.1) is 0 Å². The van der Waals surface area contributed by atoms with Crippen LogP contribution in [0.4, 0.5) is 4.39 Å². The van der Waals surface area contributed by atoms with Crippen LogP contribution in [0.15, 0.2) is 59.1 Å². The average Bonchev–Trinajstić information content (AvgIpc) is 3.73. The van der Waals surface area contributed by atoms with Crippen molar-refractivity contribution >= 4 is 33.7 Å². The summed E-state index contributed by atoms with van der Waals surface area (Å²) >= 11 is 3.33. The third kappa shape index (κ3) is 8.60. The lowest BCUT2D eigenvalue weighted by molar-refractivity contribution is -0.134. The van der Waals surface area contributed by atoms with Gasteiger partial charge in [-0.3, -0.25) is 4.79 Å². The van der Waals surface area contributed by atoms with Gasteiger partial charge in [0.2, 0.25) is 0 Å². The molecule has 2 aromatic carbocycles. The molecule has 2 aliphatic carbocycles. The molecule has 9 heteroatoms. The van der Waals surface area contributed by atoms with Crippen molar-refractivity contribution in [1.29, 1.82) is 0 Å². The van der Waals surface area contributed by atoms with Crippen LogP contribution in [0, 0.1) is 17.7 Å². The fraction of sp³-hybridized carbons (Fsp3) is 0.346. The number of carboxylic acid groups (broad SMARTS) is 2. The van der Waals surface area contributed by atoms with Gasteiger partial charge in [0.25, 0.3) is 0 Å². The van der Waals surface area contributed by atoms with E-state index < -0.39 is 17.8 Å². The molecule has 0 heterocycles. The van der Waals surface area contributed by atoms with Crippen molar-refractivity contribution in [2.75, 3.05) is 20.2 Å². The number of aliphatic carboxylic acids is 2. The lowest BCUT2D eigenvalue weighted by atomic mass is 10.0. The van der Waals surface area contributed by atoms with Crippen molar-refractivity contribution in [2.45, 2.75) is 25.3 Å². The molecule has 4 rings (SSSR count). The summed E-state index contributed by atoms with van der Waals surface area (Å²) in [4.78, 5) is 34.0. The maximum absolute atomic E-state index is 14.4. The largest absolute Gasteiger partial charge is 0.493 e. The van der Waals surface area contributed by atoms with E-state index in [9.17, 15) is 18.8 Å². The topological polar surface area (TPSA) is 104 Å². The average molecular weight is 548 g/mol. The van der Waals surface area contributed by atoms with E-state index in [0.29, 0.717) is 41.9 Å². The molecule has 7 nitrogen and oxygen atoms in total. The summed E-state index contributed by atoms with van der Waals surface area (Å²) in [6.45, 7) is 1.75. The van der Waals surface area contributed by atoms with Crippen molar-refractivity contribution in [1.82, 2.24) is 4.90 Å². The molecule has 0 bridgehead atoms. The molecule has 0 aromatic heterocycles. The molecule has 0 aliphatic heterocycles. The van der Waals surface area contributed by atoms with Gasteiger partial charge in [0.1, 0.15) is 11.6 Å². The molecular formula is C26H27BrFNO6. The Balaban J connectivity index is 0.000000371. The smallest absolute Gasteiger partial charge is 0.328 e. The summed E-state index contributed by atoms with van der Waals surface area (Å²) < 4.78 is 21.1. The van der Waals surface area contributed by atoms with Gasteiger partial charge in [-0.1, -0.05) is 15.9 Å². The Kier molecular flexibility index (Phi) is 9.17. The summed E-state index contributed by atoms with van der Waals surface area (Å²) in [7, 11) is 2.20. The van der Waals surface area contributed by atoms with Crippen LogP contribution in [0.5, 0.6) is 5.75 Å². The third-order valence-corrected chi connectivity index (χ3v) is 6.41. The number of carboxylic acids is 2. The number of hydrogen-bond acceptors (Lipinski definition) is 5. The van der Waals surface area contributed by atoms with E-state index in [4.69, 9.17) is 14.9 Å². The maximum Gasteiger partial charge on any atom is 0.328 e. The molecule has 2 N–H and O–H groups in total. The minimum absolute atomic E-state index is 0.0695. The van der Waals surface area contributed by atoms with E-state index in [1.807, 2.05) is 0 Å². The summed E-state index contributed by atoms with van der Waals surface area (Å²) in [5, 5.41) is 15.6. The van der Waals surface area contributed by atoms with Crippen molar-refractivity contribution in [3.05, 3.63) is 76.0 Å². The molecule has 0 spiro atoms. The van der Waals surface area contributed by atoms with Gasteiger partial charge in [0.05, 0.1) is 12.2 Å². The van der Waals surface area contributed by atoms with E-state index in [0.717, 1.165) is 17.1 Å². The minimum Gasteiger partial charge on any atom is -0.493 e. The SMILES string of the molecule is CN(CC1CC1COc1ccc(C(=O)c2ccc(Br)cc2)c(F)c1)C1CC1.O=C(O)C=CC(=O)O. The van der Waals surface area contributed by atoms with Gasteiger partial charge in [0.15, 0.2) is 5.78 Å². The highest BCUT2D eigenvalue weighted by Crippen LogP contribution is 2.41. The molecule has 186 valence electrons. The minimum atomic E-state index is -1.26. The van der Waals surface area contributed by atoms with Crippen LogP contribution >= 0.6 is 15.9 Å². The fourth-order valence-electron chi connectivity index (χ4n) is 3.64. The van der Waals surface area contributed by atoms with Crippen LogP contribution in [0.2, 0.25) is 0 Å². The van der Waals surface area contributed by atoms with Crippen molar-refractivity contribution in [3.8, 4) is 5.75 Å². The van der Waals surface area contributed by atoms with Gasteiger partial charge in [-0.2, -0.15) is 0 Å². The first-order chi connectivity index (χ1) is 16.6. The Morgan fingerprint density at radius 1 is 1.06 bits per heavy atom. The second-order valence-corrected chi connectivity index (χ2v) is 9.64. The quantitative estimate of drug-likeness (QED) is 0.329. The van der Waals surface area contributed by atoms with Gasteiger partial charge in [0, 0.05) is 40.8 Å². The summed E-state index contributed by atoms with van der Waals surface area (Å²) in [5.74, 6) is -1.64. The predicted octanol–water partition coefficient (Wildman–Crippen LogP) is 4.64. The number of ether oxygens (including phenoxy) is 1. The lowest BCUT2D eigenvalue weighted by Gasteiger charge is -2.15. The molecule has 2 unspecified atom stereocenters. The Morgan fingerprint density at radius 2 is 1.69 bits per heavy atom. The number of halogens is 2. The van der Waals surface area contributed by atoms with Gasteiger partial charge in [-0.05, 0) is 74.5 Å². The van der Waals surface area contributed by atoms with Crippen LogP contribution in [0.25, 0.3) is 0 Å². The maximum atomic E-state index is 14.4. The number of carbonyl (C=O) groups excluding carboxylic acids is 1. The zero-order valence-corrected chi connectivity index (χ0v) is 20.8.